The Labute approximate surface area is 103 Å². The van der Waals surface area contributed by atoms with Crippen molar-refractivity contribution in [2.45, 2.75) is 18.9 Å². The molecule has 1 aromatic carbocycles. The largest absolute Gasteiger partial charge is 0.379 e. The Balaban J connectivity index is 2.06. The Hall–Kier alpha value is -0.250. The summed E-state index contributed by atoms with van der Waals surface area (Å²) in [5.41, 5.74) is 1.04. The van der Waals surface area contributed by atoms with Gasteiger partial charge < -0.3 is 10.1 Å². The van der Waals surface area contributed by atoms with Crippen LogP contribution in [0.3, 0.4) is 0 Å². The first-order chi connectivity index (χ1) is 7.27. The number of nitrogens with one attached hydrogen (secondary N) is 1. The summed E-state index contributed by atoms with van der Waals surface area (Å²) in [6.07, 6.45) is 2.27. The molecule has 2 rings (SSSR count). The van der Waals surface area contributed by atoms with Crippen molar-refractivity contribution in [2.75, 3.05) is 18.5 Å². The standard InChI is InChI=1S/C11H13BrClNO/c12-11-9(13)4-1-5-10(11)14-8-3-2-6-15-7-8/h1,4-5,8,14H,2-3,6-7H2. The molecule has 1 fully saturated rings. The summed E-state index contributed by atoms with van der Waals surface area (Å²) in [5.74, 6) is 0. The maximum atomic E-state index is 6.01. The second kappa shape index (κ2) is 5.19. The van der Waals surface area contributed by atoms with E-state index in [4.69, 9.17) is 16.3 Å². The van der Waals surface area contributed by atoms with Crippen LogP contribution in [-0.2, 0) is 4.74 Å². The van der Waals surface area contributed by atoms with Crippen LogP contribution in [-0.4, -0.2) is 19.3 Å². The second-order valence-electron chi connectivity index (χ2n) is 3.66. The number of hydrogen-bond acceptors (Lipinski definition) is 2. The minimum Gasteiger partial charge on any atom is -0.379 e. The highest BCUT2D eigenvalue weighted by Gasteiger charge is 2.14. The summed E-state index contributed by atoms with van der Waals surface area (Å²) in [7, 11) is 0. The van der Waals surface area contributed by atoms with E-state index < -0.39 is 0 Å². The molecular weight excluding hydrogens is 277 g/mol. The monoisotopic (exact) mass is 289 g/mol. The molecule has 1 heterocycles. The molecule has 15 heavy (non-hydrogen) atoms. The molecule has 1 aliphatic rings. The number of benzene rings is 1. The van der Waals surface area contributed by atoms with Crippen molar-refractivity contribution in [2.24, 2.45) is 0 Å². The summed E-state index contributed by atoms with van der Waals surface area (Å²) < 4.78 is 6.34. The summed E-state index contributed by atoms with van der Waals surface area (Å²) >= 11 is 9.49. The molecule has 4 heteroatoms. The van der Waals surface area contributed by atoms with Gasteiger partial charge in [-0.1, -0.05) is 17.7 Å². The van der Waals surface area contributed by atoms with Crippen LogP contribution in [0, 0.1) is 0 Å². The zero-order chi connectivity index (χ0) is 10.7. The van der Waals surface area contributed by atoms with Crippen molar-refractivity contribution in [3.05, 3.63) is 27.7 Å². The van der Waals surface area contributed by atoms with Crippen LogP contribution in [0.25, 0.3) is 0 Å². The Morgan fingerprint density at radius 1 is 1.47 bits per heavy atom. The maximum absolute atomic E-state index is 6.01. The van der Waals surface area contributed by atoms with E-state index in [0.717, 1.165) is 41.2 Å². The van der Waals surface area contributed by atoms with Crippen LogP contribution in [0.15, 0.2) is 22.7 Å². The second-order valence-corrected chi connectivity index (χ2v) is 4.86. The lowest BCUT2D eigenvalue weighted by Crippen LogP contribution is -2.30. The van der Waals surface area contributed by atoms with Crippen molar-refractivity contribution in [1.82, 2.24) is 0 Å². The number of ether oxygens (including phenoxy) is 1. The molecule has 0 saturated carbocycles. The Morgan fingerprint density at radius 2 is 2.33 bits per heavy atom. The van der Waals surface area contributed by atoms with Crippen LogP contribution < -0.4 is 5.32 Å². The van der Waals surface area contributed by atoms with Crippen LogP contribution in [0.2, 0.25) is 5.02 Å². The number of halogens is 2. The van der Waals surface area contributed by atoms with Crippen LogP contribution >= 0.6 is 27.5 Å². The zero-order valence-electron chi connectivity index (χ0n) is 8.30. The average molecular weight is 291 g/mol. The normalized spacial score (nSPS) is 21.3. The fraction of sp³-hybridized carbons (Fsp3) is 0.455. The first-order valence-electron chi connectivity index (χ1n) is 5.05. The molecule has 1 unspecified atom stereocenters. The molecule has 2 nitrogen and oxygen atoms in total. The molecule has 1 N–H and O–H groups in total. The predicted octanol–water partition coefficient (Wildman–Crippen LogP) is 3.69. The van der Waals surface area contributed by atoms with E-state index >= 15 is 0 Å². The lowest BCUT2D eigenvalue weighted by atomic mass is 10.1. The zero-order valence-corrected chi connectivity index (χ0v) is 10.6. The third kappa shape index (κ3) is 2.86. The quantitative estimate of drug-likeness (QED) is 0.897. The van der Waals surface area contributed by atoms with Gasteiger partial charge in [-0.2, -0.15) is 0 Å². The molecule has 0 radical (unpaired) electrons. The first kappa shape index (κ1) is 11.2. The van der Waals surface area contributed by atoms with Crippen molar-refractivity contribution < 1.29 is 4.74 Å². The predicted molar refractivity (Wildman–Crippen MR) is 66.6 cm³/mol. The molecule has 1 aliphatic heterocycles. The van der Waals surface area contributed by atoms with Gasteiger partial charge in [-0.25, -0.2) is 0 Å². The number of hydrogen-bond donors (Lipinski definition) is 1. The van der Waals surface area contributed by atoms with E-state index in [1.165, 1.54) is 0 Å². The average Bonchev–Trinajstić information content (AvgIpc) is 2.26. The van der Waals surface area contributed by atoms with Gasteiger partial charge in [-0.05, 0) is 40.9 Å². The van der Waals surface area contributed by atoms with Gasteiger partial charge in [0.1, 0.15) is 0 Å². The molecule has 0 aromatic heterocycles. The van der Waals surface area contributed by atoms with Crippen molar-refractivity contribution in [3.8, 4) is 0 Å². The van der Waals surface area contributed by atoms with Gasteiger partial charge >= 0.3 is 0 Å². The van der Waals surface area contributed by atoms with Gasteiger partial charge in [0.2, 0.25) is 0 Å². The molecule has 82 valence electrons. The highest BCUT2D eigenvalue weighted by Crippen LogP contribution is 2.31. The Morgan fingerprint density at radius 3 is 3.07 bits per heavy atom. The van der Waals surface area contributed by atoms with Gasteiger partial charge in [0.05, 0.1) is 21.8 Å². The van der Waals surface area contributed by atoms with E-state index in [0.29, 0.717) is 6.04 Å². The summed E-state index contributed by atoms with van der Waals surface area (Å²) in [4.78, 5) is 0. The Bertz CT molecular complexity index is 339. The topological polar surface area (TPSA) is 21.3 Å². The van der Waals surface area contributed by atoms with Crippen molar-refractivity contribution in [1.29, 1.82) is 0 Å². The fourth-order valence-electron chi connectivity index (χ4n) is 1.69. The van der Waals surface area contributed by atoms with E-state index in [9.17, 15) is 0 Å². The minimum absolute atomic E-state index is 0.397. The van der Waals surface area contributed by atoms with E-state index in [2.05, 4.69) is 21.2 Å². The first-order valence-corrected chi connectivity index (χ1v) is 6.23. The molecule has 0 spiro atoms. The number of anilines is 1. The summed E-state index contributed by atoms with van der Waals surface area (Å²) in [6, 6.07) is 6.23. The number of rotatable bonds is 2. The minimum atomic E-state index is 0.397. The van der Waals surface area contributed by atoms with Gasteiger partial charge in [0, 0.05) is 12.6 Å². The lowest BCUT2D eigenvalue weighted by molar-refractivity contribution is 0.0876. The molecule has 0 bridgehead atoms. The van der Waals surface area contributed by atoms with Crippen LogP contribution in [0.5, 0.6) is 0 Å². The van der Waals surface area contributed by atoms with Gasteiger partial charge in [-0.3, -0.25) is 0 Å². The van der Waals surface area contributed by atoms with Crippen molar-refractivity contribution in [3.63, 3.8) is 0 Å². The van der Waals surface area contributed by atoms with Crippen molar-refractivity contribution >= 4 is 33.2 Å². The van der Waals surface area contributed by atoms with Crippen LogP contribution in [0.4, 0.5) is 5.69 Å². The SMILES string of the molecule is Clc1cccc(NC2CCCOC2)c1Br. The highest BCUT2D eigenvalue weighted by molar-refractivity contribution is 9.10. The third-order valence-electron chi connectivity index (χ3n) is 2.47. The molecule has 1 aromatic rings. The third-order valence-corrected chi connectivity index (χ3v) is 3.87. The summed E-state index contributed by atoms with van der Waals surface area (Å²) in [6.45, 7) is 1.66. The maximum Gasteiger partial charge on any atom is 0.0667 e. The van der Waals surface area contributed by atoms with E-state index in [1.54, 1.807) is 0 Å². The lowest BCUT2D eigenvalue weighted by Gasteiger charge is -2.24. The molecule has 1 atom stereocenters. The van der Waals surface area contributed by atoms with Gasteiger partial charge in [0.25, 0.3) is 0 Å². The summed E-state index contributed by atoms with van der Waals surface area (Å²) in [5, 5.41) is 4.17. The highest BCUT2D eigenvalue weighted by atomic mass is 79.9. The van der Waals surface area contributed by atoms with E-state index in [-0.39, 0.29) is 0 Å². The fourth-order valence-corrected chi connectivity index (χ4v) is 2.24. The van der Waals surface area contributed by atoms with Gasteiger partial charge in [-0.15, -0.1) is 0 Å². The molecule has 0 aliphatic carbocycles. The molecule has 1 saturated heterocycles. The smallest absolute Gasteiger partial charge is 0.0667 e. The van der Waals surface area contributed by atoms with Crippen LogP contribution in [0.1, 0.15) is 12.8 Å². The molecular formula is C11H13BrClNO. The Kier molecular flexibility index (Phi) is 3.89. The van der Waals surface area contributed by atoms with E-state index in [1.807, 2.05) is 18.2 Å². The van der Waals surface area contributed by atoms with Gasteiger partial charge in [0.15, 0.2) is 0 Å². The molecule has 0 amide bonds.